The molecule has 2 unspecified atom stereocenters. The van der Waals surface area contributed by atoms with Crippen molar-refractivity contribution >= 4 is 29.6 Å². The van der Waals surface area contributed by atoms with Gasteiger partial charge in [-0.25, -0.2) is 0 Å². The number of rotatable bonds is 2. The summed E-state index contributed by atoms with van der Waals surface area (Å²) in [5.41, 5.74) is 1.30. The molecule has 1 aromatic rings. The van der Waals surface area contributed by atoms with Gasteiger partial charge in [0.2, 0.25) is 6.41 Å². The molecule has 114 valence electrons. The number of hydrogen-bond donors (Lipinski definition) is 1. The van der Waals surface area contributed by atoms with E-state index in [0.29, 0.717) is 10.7 Å². The number of hydrogen-bond acceptors (Lipinski definition) is 4. The minimum Gasteiger partial charge on any atom is -0.351 e. The molecule has 0 saturated heterocycles. The Bertz CT molecular complexity index is 562. The predicted octanol–water partition coefficient (Wildman–Crippen LogP) is 1.75. The van der Waals surface area contributed by atoms with Crippen LogP contribution in [0.25, 0.3) is 0 Å². The minimum absolute atomic E-state index is 0.448. The van der Waals surface area contributed by atoms with Gasteiger partial charge < -0.3 is 10.2 Å². The number of carbonyl (C=O) groups is 2. The van der Waals surface area contributed by atoms with Gasteiger partial charge in [0.25, 0.3) is 11.9 Å². The normalized spacial score (nSPS) is 19.5. The summed E-state index contributed by atoms with van der Waals surface area (Å²) >= 11 is 5.79. The van der Waals surface area contributed by atoms with E-state index in [9.17, 15) is 19.7 Å². The molecule has 1 N–H and O–H groups in total. The van der Waals surface area contributed by atoms with Gasteiger partial charge in [-0.15, -0.1) is 0 Å². The molecule has 1 aliphatic heterocycles. The Labute approximate surface area is 127 Å². The average Bonchev–Trinajstić information content (AvgIpc) is 2.38. The Kier molecular flexibility index (Phi) is 5.66. The van der Waals surface area contributed by atoms with Crippen LogP contribution >= 0.6 is 11.6 Å². The lowest BCUT2D eigenvalue weighted by Gasteiger charge is -2.25. The molecule has 1 aliphatic rings. The van der Waals surface area contributed by atoms with Gasteiger partial charge in [0, 0.05) is 29.7 Å². The highest BCUT2D eigenvalue weighted by Crippen LogP contribution is 2.34. The third-order valence-corrected chi connectivity index (χ3v) is 3.18. The second-order valence-electron chi connectivity index (χ2n) is 4.81. The largest absolute Gasteiger partial charge is 0.351 e. The van der Waals surface area contributed by atoms with E-state index in [4.69, 9.17) is 11.6 Å². The van der Waals surface area contributed by atoms with Crippen molar-refractivity contribution in [2.45, 2.75) is 18.9 Å². The Morgan fingerprint density at radius 3 is 2.48 bits per heavy atom. The fourth-order valence-electron chi connectivity index (χ4n) is 1.92. The summed E-state index contributed by atoms with van der Waals surface area (Å²) in [5.74, 6) is -1.04. The average molecular weight is 314 g/mol. The second-order valence-corrected chi connectivity index (χ2v) is 5.25. The molecule has 0 spiro atoms. The Balaban J connectivity index is 0.000000383. The third-order valence-electron chi connectivity index (χ3n) is 2.94. The summed E-state index contributed by atoms with van der Waals surface area (Å²) in [6.45, 7) is 1.67. The number of nitrogens with zero attached hydrogens (tertiary/aromatic N) is 2. The van der Waals surface area contributed by atoms with Gasteiger partial charge in [0.1, 0.15) is 0 Å². The number of carbonyl (C=O) groups excluding carboxylic acids is 2. The smallest absolute Gasteiger partial charge is 0.299 e. The van der Waals surface area contributed by atoms with E-state index >= 15 is 0 Å². The molecular formula is C13H16ClN3O4. The molecule has 0 saturated carbocycles. The van der Waals surface area contributed by atoms with Crippen LogP contribution in [-0.4, -0.2) is 42.3 Å². The molecule has 2 amide bonds. The number of nitrogens with one attached hydrogen (secondary N) is 1. The number of nitro groups is 1. The first-order valence-electron chi connectivity index (χ1n) is 6.13. The van der Waals surface area contributed by atoms with Crippen molar-refractivity contribution in [2.75, 3.05) is 19.4 Å². The quantitative estimate of drug-likeness (QED) is 0.511. The van der Waals surface area contributed by atoms with Crippen LogP contribution in [-0.2, 0) is 9.59 Å². The van der Waals surface area contributed by atoms with Crippen molar-refractivity contribution in [1.29, 1.82) is 0 Å². The molecule has 0 radical (unpaired) electrons. The lowest BCUT2D eigenvalue weighted by atomic mass is 9.88. The molecule has 2 rings (SSSR count). The summed E-state index contributed by atoms with van der Waals surface area (Å²) in [4.78, 5) is 32.6. The van der Waals surface area contributed by atoms with Gasteiger partial charge >= 0.3 is 0 Å². The van der Waals surface area contributed by atoms with E-state index in [1.54, 1.807) is 39.2 Å². The zero-order valence-electron chi connectivity index (χ0n) is 11.9. The molecular weight excluding hydrogens is 298 g/mol. The number of benzene rings is 1. The summed E-state index contributed by atoms with van der Waals surface area (Å²) in [6.07, 6.45) is 0.750. The van der Waals surface area contributed by atoms with Crippen molar-refractivity contribution in [3.63, 3.8) is 0 Å². The van der Waals surface area contributed by atoms with Crippen molar-refractivity contribution in [1.82, 2.24) is 4.90 Å². The molecule has 0 fully saturated rings. The van der Waals surface area contributed by atoms with E-state index in [-0.39, 0.29) is 0 Å². The maximum Gasteiger partial charge on any atom is 0.299 e. The lowest BCUT2D eigenvalue weighted by Crippen LogP contribution is -2.42. The molecule has 21 heavy (non-hydrogen) atoms. The number of anilines is 1. The van der Waals surface area contributed by atoms with Gasteiger partial charge in [-0.05, 0) is 17.7 Å². The van der Waals surface area contributed by atoms with Crippen LogP contribution in [0.15, 0.2) is 18.2 Å². The van der Waals surface area contributed by atoms with Gasteiger partial charge in [-0.1, -0.05) is 24.6 Å². The highest BCUT2D eigenvalue weighted by molar-refractivity contribution is 6.31. The van der Waals surface area contributed by atoms with Crippen LogP contribution in [0.4, 0.5) is 5.69 Å². The highest BCUT2D eigenvalue weighted by Gasteiger charge is 2.41. The van der Waals surface area contributed by atoms with Gasteiger partial charge in [0.15, 0.2) is 0 Å². The van der Waals surface area contributed by atoms with Crippen molar-refractivity contribution in [3.05, 3.63) is 38.9 Å². The van der Waals surface area contributed by atoms with Crippen LogP contribution in [0.5, 0.6) is 0 Å². The molecule has 0 aromatic heterocycles. The Hall–Kier alpha value is -2.15. The molecule has 1 aromatic carbocycles. The summed E-state index contributed by atoms with van der Waals surface area (Å²) in [6, 6.07) is 3.74. The van der Waals surface area contributed by atoms with Gasteiger partial charge in [-0.3, -0.25) is 19.7 Å². The maximum atomic E-state index is 11.5. The lowest BCUT2D eigenvalue weighted by molar-refractivity contribution is -0.510. The molecule has 7 nitrogen and oxygen atoms in total. The van der Waals surface area contributed by atoms with Crippen LogP contribution in [0.2, 0.25) is 5.02 Å². The zero-order valence-corrected chi connectivity index (χ0v) is 12.6. The maximum absolute atomic E-state index is 11.5. The molecule has 0 aliphatic carbocycles. The molecule has 1 heterocycles. The predicted molar refractivity (Wildman–Crippen MR) is 79.0 cm³/mol. The van der Waals surface area contributed by atoms with E-state index in [2.05, 4.69) is 5.32 Å². The van der Waals surface area contributed by atoms with Crippen molar-refractivity contribution in [3.8, 4) is 0 Å². The van der Waals surface area contributed by atoms with E-state index < -0.39 is 22.8 Å². The number of fused-ring (bicyclic) bond motifs is 1. The van der Waals surface area contributed by atoms with Crippen molar-refractivity contribution in [2.24, 2.45) is 0 Å². The standard InChI is InChI=1S/C10H9ClN2O3.C3H7NO/c1-5-7-3-2-6(11)4-8(7)12-10(14)9(5)13(15)16;1-4(2)3-5/h2-5,9H,1H3,(H,12,14);3H,1-2H3. The van der Waals surface area contributed by atoms with Gasteiger partial charge in [-0.2, -0.15) is 0 Å². The minimum atomic E-state index is -1.23. The fourth-order valence-corrected chi connectivity index (χ4v) is 2.09. The third kappa shape index (κ3) is 4.16. The van der Waals surface area contributed by atoms with E-state index in [1.165, 1.54) is 4.90 Å². The van der Waals surface area contributed by atoms with Crippen LogP contribution in [0, 0.1) is 10.1 Å². The fraction of sp³-hybridized carbons (Fsp3) is 0.385. The van der Waals surface area contributed by atoms with Crippen molar-refractivity contribution < 1.29 is 14.5 Å². The molecule has 2 atom stereocenters. The molecule has 8 heteroatoms. The first-order valence-corrected chi connectivity index (χ1v) is 6.51. The first-order chi connectivity index (χ1) is 9.77. The van der Waals surface area contributed by atoms with Crippen LogP contribution < -0.4 is 5.32 Å². The summed E-state index contributed by atoms with van der Waals surface area (Å²) in [5, 5.41) is 13.8. The topological polar surface area (TPSA) is 92.5 Å². The Morgan fingerprint density at radius 1 is 1.43 bits per heavy atom. The zero-order chi connectivity index (χ0) is 16.2. The monoisotopic (exact) mass is 313 g/mol. The second kappa shape index (κ2) is 7.03. The Morgan fingerprint density at radius 2 is 2.00 bits per heavy atom. The van der Waals surface area contributed by atoms with E-state index in [1.807, 2.05) is 0 Å². The van der Waals surface area contributed by atoms with E-state index in [0.717, 1.165) is 12.0 Å². The first kappa shape index (κ1) is 16.9. The summed E-state index contributed by atoms with van der Waals surface area (Å²) in [7, 11) is 3.38. The van der Waals surface area contributed by atoms with Crippen LogP contribution in [0.3, 0.4) is 0 Å². The number of halogens is 1. The van der Waals surface area contributed by atoms with Gasteiger partial charge in [0.05, 0.1) is 5.92 Å². The summed E-state index contributed by atoms with van der Waals surface area (Å²) < 4.78 is 0. The SMILES string of the molecule is CC1c2ccc(Cl)cc2NC(=O)C1[N+](=O)[O-].CN(C)C=O. The van der Waals surface area contributed by atoms with Crippen LogP contribution in [0.1, 0.15) is 18.4 Å². The highest BCUT2D eigenvalue weighted by atomic mass is 35.5. The molecule has 0 bridgehead atoms. The number of amides is 2.